The van der Waals surface area contributed by atoms with E-state index in [-0.39, 0.29) is 0 Å². The average molecular weight is 509 g/mol. The second kappa shape index (κ2) is 7.13. The Morgan fingerprint density at radius 1 is 0.475 bits per heavy atom. The van der Waals surface area contributed by atoms with Gasteiger partial charge < -0.3 is 4.57 Å². The van der Waals surface area contributed by atoms with Gasteiger partial charge in [-0.3, -0.25) is 4.40 Å². The van der Waals surface area contributed by atoms with Crippen LogP contribution in [-0.4, -0.2) is 18.9 Å². The lowest BCUT2D eigenvalue weighted by Gasteiger charge is -2.09. The molecule has 0 fully saturated rings. The van der Waals surface area contributed by atoms with Crippen LogP contribution in [0.2, 0.25) is 0 Å². The van der Waals surface area contributed by atoms with E-state index in [1.165, 1.54) is 48.9 Å². The Hall–Kier alpha value is -5.48. The summed E-state index contributed by atoms with van der Waals surface area (Å²) in [6, 6.07) is 43.2. The molecule has 0 saturated carbocycles. The maximum atomic E-state index is 5.21. The molecule has 184 valence electrons. The smallest absolute Gasteiger partial charge is 0.165 e. The van der Waals surface area contributed by atoms with Gasteiger partial charge in [0, 0.05) is 32.6 Å². The molecule has 0 aliphatic rings. The van der Waals surface area contributed by atoms with Gasteiger partial charge in [-0.05, 0) is 53.2 Å². The minimum atomic E-state index is 0.908. The van der Waals surface area contributed by atoms with Gasteiger partial charge in [0.05, 0.1) is 33.1 Å². The minimum absolute atomic E-state index is 0.908. The molecular formula is C36H20N4. The quantitative estimate of drug-likeness (QED) is 0.222. The van der Waals surface area contributed by atoms with Crippen LogP contribution in [0.3, 0.4) is 0 Å². The lowest BCUT2D eigenvalue weighted by Crippen LogP contribution is -1.94. The topological polar surface area (TPSA) is 35.1 Å². The van der Waals surface area contributed by atoms with Crippen molar-refractivity contribution < 1.29 is 0 Å². The highest BCUT2D eigenvalue weighted by atomic mass is 15.0. The number of hydrogen-bond acceptors (Lipinski definition) is 2. The molecule has 6 aromatic carbocycles. The molecule has 0 amide bonds. The number of hydrogen-bond donors (Lipinski definition) is 0. The van der Waals surface area contributed by atoms with Gasteiger partial charge in [0.15, 0.2) is 5.65 Å². The van der Waals surface area contributed by atoms with E-state index in [0.717, 1.165) is 38.8 Å². The number of rotatable bonds is 1. The van der Waals surface area contributed by atoms with Gasteiger partial charge >= 0.3 is 0 Å². The van der Waals surface area contributed by atoms with Crippen LogP contribution in [-0.2, 0) is 0 Å². The Kier molecular flexibility index (Phi) is 3.65. The van der Waals surface area contributed by atoms with E-state index in [2.05, 4.69) is 118 Å². The Labute approximate surface area is 227 Å². The number of aromatic nitrogens is 4. The van der Waals surface area contributed by atoms with Gasteiger partial charge in [-0.15, -0.1) is 0 Å². The van der Waals surface area contributed by atoms with Gasteiger partial charge in [-0.1, -0.05) is 78.9 Å². The Morgan fingerprint density at radius 3 is 2.08 bits per heavy atom. The van der Waals surface area contributed by atoms with E-state index >= 15 is 0 Å². The third kappa shape index (κ3) is 2.38. The summed E-state index contributed by atoms with van der Waals surface area (Å²) < 4.78 is 4.79. The summed E-state index contributed by atoms with van der Waals surface area (Å²) in [6.07, 6.45) is 0. The average Bonchev–Trinajstić information content (AvgIpc) is 3.64. The molecule has 10 aromatic rings. The first kappa shape index (κ1) is 20.5. The van der Waals surface area contributed by atoms with Crippen molar-refractivity contribution in [2.45, 2.75) is 0 Å². The first-order chi connectivity index (χ1) is 19.9. The third-order valence-electron chi connectivity index (χ3n) is 8.58. The van der Waals surface area contributed by atoms with Crippen LogP contribution in [0.1, 0.15) is 0 Å². The lowest BCUT2D eigenvalue weighted by molar-refractivity contribution is 1.19. The molecule has 0 atom stereocenters. The lowest BCUT2D eigenvalue weighted by atomic mass is 10.00. The minimum Gasteiger partial charge on any atom is -0.309 e. The summed E-state index contributed by atoms with van der Waals surface area (Å²) in [6.45, 7) is 0. The Morgan fingerprint density at radius 2 is 1.20 bits per heavy atom. The van der Waals surface area contributed by atoms with Gasteiger partial charge in [0.1, 0.15) is 5.52 Å². The monoisotopic (exact) mass is 508 g/mol. The molecule has 10 rings (SSSR count). The number of benzene rings is 6. The van der Waals surface area contributed by atoms with Crippen molar-refractivity contribution in [2.24, 2.45) is 0 Å². The zero-order valence-electron chi connectivity index (χ0n) is 21.3. The number of para-hydroxylation sites is 4. The second-order valence-electron chi connectivity index (χ2n) is 10.6. The van der Waals surface area contributed by atoms with Crippen molar-refractivity contribution in [3.05, 3.63) is 121 Å². The Balaban J connectivity index is 1.57. The molecule has 4 heteroatoms. The molecule has 0 bridgehead atoms. The molecule has 0 aliphatic carbocycles. The van der Waals surface area contributed by atoms with Crippen LogP contribution in [0.4, 0.5) is 0 Å². The fraction of sp³-hybridized carbons (Fsp3) is 0. The highest BCUT2D eigenvalue weighted by Gasteiger charge is 2.25. The fourth-order valence-corrected chi connectivity index (χ4v) is 7.00. The van der Waals surface area contributed by atoms with Gasteiger partial charge in [-0.2, -0.15) is 0 Å². The van der Waals surface area contributed by atoms with Crippen molar-refractivity contribution in [1.82, 2.24) is 18.9 Å². The van der Waals surface area contributed by atoms with E-state index in [4.69, 9.17) is 9.97 Å². The van der Waals surface area contributed by atoms with Gasteiger partial charge in [-0.25, -0.2) is 9.97 Å². The summed E-state index contributed by atoms with van der Waals surface area (Å²) in [5.74, 6) is 0. The van der Waals surface area contributed by atoms with E-state index < -0.39 is 0 Å². The SMILES string of the molecule is c1ccc(-n2c3ccccc3c3ccc4c(c5c6ccccc6cc6c7nc8ccccc8nc7n4c65)c32)cc1. The van der Waals surface area contributed by atoms with Crippen molar-refractivity contribution in [3.63, 3.8) is 0 Å². The first-order valence-corrected chi connectivity index (χ1v) is 13.6. The zero-order chi connectivity index (χ0) is 25.9. The van der Waals surface area contributed by atoms with Crippen LogP contribution in [0.15, 0.2) is 121 Å². The van der Waals surface area contributed by atoms with E-state index in [9.17, 15) is 0 Å². The highest BCUT2D eigenvalue weighted by molar-refractivity contribution is 6.36. The first-order valence-electron chi connectivity index (χ1n) is 13.6. The molecule has 0 radical (unpaired) electrons. The van der Waals surface area contributed by atoms with Crippen molar-refractivity contribution in [3.8, 4) is 5.69 Å². The molecule has 4 heterocycles. The van der Waals surface area contributed by atoms with Crippen LogP contribution >= 0.6 is 0 Å². The molecule has 0 unspecified atom stereocenters. The third-order valence-corrected chi connectivity index (χ3v) is 8.58. The van der Waals surface area contributed by atoms with Crippen LogP contribution in [0.5, 0.6) is 0 Å². The van der Waals surface area contributed by atoms with Crippen LogP contribution < -0.4 is 0 Å². The maximum Gasteiger partial charge on any atom is 0.165 e. The molecule has 0 N–H and O–H groups in total. The van der Waals surface area contributed by atoms with Gasteiger partial charge in [0.25, 0.3) is 0 Å². The zero-order valence-corrected chi connectivity index (χ0v) is 21.3. The summed E-state index contributed by atoms with van der Waals surface area (Å²) in [7, 11) is 0. The van der Waals surface area contributed by atoms with E-state index in [1.54, 1.807) is 0 Å². The van der Waals surface area contributed by atoms with Gasteiger partial charge in [0.2, 0.25) is 0 Å². The van der Waals surface area contributed by atoms with Crippen molar-refractivity contribution in [2.75, 3.05) is 0 Å². The van der Waals surface area contributed by atoms with E-state index in [1.807, 2.05) is 12.1 Å². The van der Waals surface area contributed by atoms with Crippen molar-refractivity contribution >= 4 is 82.0 Å². The maximum absolute atomic E-state index is 5.21. The molecule has 0 spiro atoms. The molecule has 0 aliphatic heterocycles. The summed E-state index contributed by atoms with van der Waals surface area (Å²) in [5, 5.41) is 8.64. The fourth-order valence-electron chi connectivity index (χ4n) is 7.00. The second-order valence-corrected chi connectivity index (χ2v) is 10.6. The summed E-state index contributed by atoms with van der Waals surface area (Å²) in [4.78, 5) is 10.4. The van der Waals surface area contributed by atoms with Crippen LogP contribution in [0.25, 0.3) is 87.7 Å². The van der Waals surface area contributed by atoms with E-state index in [0.29, 0.717) is 0 Å². The molecule has 40 heavy (non-hydrogen) atoms. The van der Waals surface area contributed by atoms with Crippen LogP contribution in [0, 0.1) is 0 Å². The summed E-state index contributed by atoms with van der Waals surface area (Å²) in [5.41, 5.74) is 9.64. The normalized spacial score (nSPS) is 12.5. The highest BCUT2D eigenvalue weighted by Crippen LogP contribution is 2.46. The summed E-state index contributed by atoms with van der Waals surface area (Å²) >= 11 is 0. The van der Waals surface area contributed by atoms with Crippen molar-refractivity contribution in [1.29, 1.82) is 0 Å². The predicted molar refractivity (Wildman–Crippen MR) is 166 cm³/mol. The number of fused-ring (bicyclic) bond motifs is 13. The standard InChI is InChI=1S/C36H20N4/c1-2-11-22(12-3-1)39-29-17-9-6-14-24(29)25-18-19-30-32(34(25)39)31-23-13-5-4-10-21(23)20-26-33-36(40(30)35(26)31)38-28-16-8-7-15-27(28)37-33/h1-20H. The predicted octanol–water partition coefficient (Wildman–Crippen LogP) is 9.03. The largest absolute Gasteiger partial charge is 0.309 e. The molecule has 4 nitrogen and oxygen atoms in total. The molecule has 0 saturated heterocycles. The number of nitrogens with zero attached hydrogens (tertiary/aromatic N) is 4. The molecule has 4 aromatic heterocycles. The molecular weight excluding hydrogens is 488 g/mol. The Bertz CT molecular complexity index is 2640.